The van der Waals surface area contributed by atoms with Crippen LogP contribution in [0.25, 0.3) is 0 Å². The summed E-state index contributed by atoms with van der Waals surface area (Å²) in [6.07, 6.45) is 0. The fourth-order valence-corrected chi connectivity index (χ4v) is 3.65. The molecule has 17 heavy (non-hydrogen) atoms. The molecule has 3 aliphatic rings. The number of likely N-dealkylation sites (tertiary alicyclic amines) is 1. The van der Waals surface area contributed by atoms with E-state index in [-0.39, 0.29) is 0 Å². The monoisotopic (exact) mass is 239 g/mol. The van der Waals surface area contributed by atoms with E-state index in [4.69, 9.17) is 4.74 Å². The largest absolute Gasteiger partial charge is 0.379 e. The van der Waals surface area contributed by atoms with Gasteiger partial charge in [-0.15, -0.1) is 0 Å². The molecule has 3 rings (SSSR count). The summed E-state index contributed by atoms with van der Waals surface area (Å²) in [6, 6.07) is 0.774. The molecule has 0 aliphatic carbocycles. The Bertz CT molecular complexity index is 255. The first-order valence-corrected chi connectivity index (χ1v) is 7.09. The Morgan fingerprint density at radius 1 is 1.18 bits per heavy atom. The zero-order valence-electron chi connectivity index (χ0n) is 10.9. The van der Waals surface area contributed by atoms with E-state index in [2.05, 4.69) is 22.0 Å². The van der Waals surface area contributed by atoms with Gasteiger partial charge < -0.3 is 10.1 Å². The predicted octanol–water partition coefficient (Wildman–Crippen LogP) is -0.142. The number of fused-ring (bicyclic) bond motifs is 1. The van der Waals surface area contributed by atoms with E-state index in [1.165, 1.54) is 32.7 Å². The number of hydrogen-bond donors (Lipinski definition) is 1. The van der Waals surface area contributed by atoms with Crippen LogP contribution in [-0.4, -0.2) is 74.9 Å². The second-order valence-electron chi connectivity index (χ2n) is 5.77. The Morgan fingerprint density at radius 2 is 2.00 bits per heavy atom. The molecule has 98 valence electrons. The van der Waals surface area contributed by atoms with Crippen LogP contribution in [0, 0.1) is 11.8 Å². The van der Waals surface area contributed by atoms with Gasteiger partial charge in [0, 0.05) is 38.8 Å². The number of morpholine rings is 1. The lowest BCUT2D eigenvalue weighted by atomic mass is 9.95. The van der Waals surface area contributed by atoms with E-state index in [0.717, 1.165) is 44.2 Å². The third-order valence-electron chi connectivity index (χ3n) is 4.86. The Hall–Kier alpha value is -0.160. The normalized spacial score (nSPS) is 39.7. The minimum absolute atomic E-state index is 0.774. The molecule has 3 atom stereocenters. The Balaban J connectivity index is 1.46. The van der Waals surface area contributed by atoms with Gasteiger partial charge in [0.15, 0.2) is 0 Å². The molecule has 0 spiro atoms. The van der Waals surface area contributed by atoms with Gasteiger partial charge >= 0.3 is 0 Å². The Morgan fingerprint density at radius 3 is 2.76 bits per heavy atom. The number of nitrogens with one attached hydrogen (secondary N) is 1. The first-order valence-electron chi connectivity index (χ1n) is 7.09. The maximum Gasteiger partial charge on any atom is 0.0594 e. The Labute approximate surface area is 104 Å². The molecule has 3 unspecified atom stereocenters. The molecule has 3 fully saturated rings. The summed E-state index contributed by atoms with van der Waals surface area (Å²) in [5.41, 5.74) is 0. The average Bonchev–Trinajstić information content (AvgIpc) is 2.92. The van der Waals surface area contributed by atoms with Gasteiger partial charge in [-0.3, -0.25) is 9.80 Å². The molecule has 0 radical (unpaired) electrons. The Kier molecular flexibility index (Phi) is 3.66. The molecule has 0 aromatic carbocycles. The zero-order valence-corrected chi connectivity index (χ0v) is 10.9. The van der Waals surface area contributed by atoms with Crippen molar-refractivity contribution in [3.63, 3.8) is 0 Å². The van der Waals surface area contributed by atoms with Crippen molar-refractivity contribution < 1.29 is 4.74 Å². The third kappa shape index (κ3) is 2.50. The molecule has 4 nitrogen and oxygen atoms in total. The lowest BCUT2D eigenvalue weighted by molar-refractivity contribution is 0.0325. The second kappa shape index (κ2) is 5.22. The van der Waals surface area contributed by atoms with Gasteiger partial charge in [0.2, 0.25) is 0 Å². The highest BCUT2D eigenvalue weighted by Gasteiger charge is 2.41. The van der Waals surface area contributed by atoms with Gasteiger partial charge in [-0.25, -0.2) is 0 Å². The zero-order chi connectivity index (χ0) is 11.7. The summed E-state index contributed by atoms with van der Waals surface area (Å²) in [6.45, 7) is 12.8. The van der Waals surface area contributed by atoms with Crippen LogP contribution in [0.4, 0.5) is 0 Å². The molecule has 3 heterocycles. The van der Waals surface area contributed by atoms with Gasteiger partial charge in [-0.05, 0) is 31.8 Å². The van der Waals surface area contributed by atoms with E-state index < -0.39 is 0 Å². The van der Waals surface area contributed by atoms with Crippen LogP contribution in [0.15, 0.2) is 0 Å². The minimum atomic E-state index is 0.774. The van der Waals surface area contributed by atoms with Crippen molar-refractivity contribution in [1.29, 1.82) is 0 Å². The van der Waals surface area contributed by atoms with Crippen molar-refractivity contribution in [2.24, 2.45) is 11.8 Å². The van der Waals surface area contributed by atoms with E-state index >= 15 is 0 Å². The van der Waals surface area contributed by atoms with E-state index in [1.54, 1.807) is 0 Å². The quantitative estimate of drug-likeness (QED) is 0.742. The smallest absolute Gasteiger partial charge is 0.0594 e. The van der Waals surface area contributed by atoms with Crippen LogP contribution in [0.1, 0.15) is 6.92 Å². The van der Waals surface area contributed by atoms with Crippen molar-refractivity contribution in [3.05, 3.63) is 0 Å². The van der Waals surface area contributed by atoms with Crippen molar-refractivity contribution in [1.82, 2.24) is 15.1 Å². The van der Waals surface area contributed by atoms with Gasteiger partial charge in [-0.1, -0.05) is 0 Å². The van der Waals surface area contributed by atoms with Crippen LogP contribution in [0.5, 0.6) is 0 Å². The highest BCUT2D eigenvalue weighted by molar-refractivity contribution is 4.96. The van der Waals surface area contributed by atoms with Gasteiger partial charge in [-0.2, -0.15) is 0 Å². The molecular formula is C13H25N3O. The van der Waals surface area contributed by atoms with Crippen LogP contribution in [0.2, 0.25) is 0 Å². The molecule has 3 saturated heterocycles. The van der Waals surface area contributed by atoms with Crippen molar-refractivity contribution in [2.75, 3.05) is 59.0 Å². The molecule has 0 bridgehead atoms. The first kappa shape index (κ1) is 11.9. The van der Waals surface area contributed by atoms with Crippen LogP contribution in [0.3, 0.4) is 0 Å². The number of hydrogen-bond acceptors (Lipinski definition) is 4. The van der Waals surface area contributed by atoms with Crippen LogP contribution in [-0.2, 0) is 4.74 Å². The van der Waals surface area contributed by atoms with E-state index in [0.29, 0.717) is 0 Å². The van der Waals surface area contributed by atoms with Crippen molar-refractivity contribution >= 4 is 0 Å². The molecule has 3 aliphatic heterocycles. The minimum Gasteiger partial charge on any atom is -0.379 e. The highest BCUT2D eigenvalue weighted by Crippen LogP contribution is 2.31. The lowest BCUT2D eigenvalue weighted by Crippen LogP contribution is -2.43. The fraction of sp³-hybridized carbons (Fsp3) is 1.00. The molecule has 0 aromatic rings. The molecular weight excluding hydrogens is 214 g/mol. The summed E-state index contributed by atoms with van der Waals surface area (Å²) in [5.74, 6) is 1.81. The second-order valence-corrected chi connectivity index (χ2v) is 5.77. The topological polar surface area (TPSA) is 27.7 Å². The van der Waals surface area contributed by atoms with E-state index in [1.807, 2.05) is 0 Å². The maximum atomic E-state index is 5.39. The van der Waals surface area contributed by atoms with Gasteiger partial charge in [0.05, 0.1) is 13.2 Å². The number of ether oxygens (including phenoxy) is 1. The number of rotatable bonds is 3. The van der Waals surface area contributed by atoms with Crippen LogP contribution < -0.4 is 5.32 Å². The maximum absolute atomic E-state index is 5.39. The van der Waals surface area contributed by atoms with Crippen molar-refractivity contribution in [2.45, 2.75) is 13.0 Å². The standard InChI is InChI=1S/C13H25N3O/c1-11-13-9-14-8-12(13)10-16(11)3-2-15-4-6-17-7-5-15/h11-14H,2-10H2,1H3. The third-order valence-corrected chi connectivity index (χ3v) is 4.86. The van der Waals surface area contributed by atoms with E-state index in [9.17, 15) is 0 Å². The highest BCUT2D eigenvalue weighted by atomic mass is 16.5. The lowest BCUT2D eigenvalue weighted by Gasteiger charge is -2.30. The summed E-state index contributed by atoms with van der Waals surface area (Å²) in [7, 11) is 0. The van der Waals surface area contributed by atoms with Crippen LogP contribution >= 0.6 is 0 Å². The predicted molar refractivity (Wildman–Crippen MR) is 68.1 cm³/mol. The molecule has 0 saturated carbocycles. The van der Waals surface area contributed by atoms with Crippen molar-refractivity contribution in [3.8, 4) is 0 Å². The fourth-order valence-electron chi connectivity index (χ4n) is 3.65. The first-order chi connectivity index (χ1) is 8.34. The molecule has 0 aromatic heterocycles. The SMILES string of the molecule is CC1C2CNCC2CN1CCN1CCOCC1. The summed E-state index contributed by atoms with van der Waals surface area (Å²) >= 11 is 0. The summed E-state index contributed by atoms with van der Waals surface area (Å²) in [5, 5.41) is 3.53. The summed E-state index contributed by atoms with van der Waals surface area (Å²) in [4.78, 5) is 5.24. The van der Waals surface area contributed by atoms with Gasteiger partial charge in [0.1, 0.15) is 0 Å². The average molecular weight is 239 g/mol. The number of nitrogens with zero attached hydrogens (tertiary/aromatic N) is 2. The molecule has 4 heteroatoms. The molecule has 0 amide bonds. The summed E-state index contributed by atoms with van der Waals surface area (Å²) < 4.78 is 5.39. The van der Waals surface area contributed by atoms with Gasteiger partial charge in [0.25, 0.3) is 0 Å². The molecule has 1 N–H and O–H groups in total.